The number of nitrogens with zero attached hydrogens (tertiary/aromatic N) is 3. The minimum atomic E-state index is 0.748. The molecule has 0 atom stereocenters. The SMILES string of the molecule is CC.CC.NN1Cc2cncnc2C1. The number of hydrazine groups is 1. The van der Waals surface area contributed by atoms with E-state index in [4.69, 9.17) is 5.84 Å². The van der Waals surface area contributed by atoms with Gasteiger partial charge in [0.1, 0.15) is 6.33 Å². The van der Waals surface area contributed by atoms with Crippen LogP contribution in [-0.4, -0.2) is 15.0 Å². The molecule has 1 aromatic rings. The lowest BCUT2D eigenvalue weighted by Crippen LogP contribution is -2.23. The van der Waals surface area contributed by atoms with Crippen molar-refractivity contribution in [3.8, 4) is 0 Å². The number of aromatic nitrogens is 2. The molecule has 0 aliphatic carbocycles. The van der Waals surface area contributed by atoms with Gasteiger partial charge in [-0.25, -0.2) is 15.0 Å². The molecule has 0 radical (unpaired) electrons. The minimum Gasteiger partial charge on any atom is -0.268 e. The molecular formula is C10H20N4. The lowest BCUT2D eigenvalue weighted by Gasteiger charge is -2.01. The van der Waals surface area contributed by atoms with Gasteiger partial charge in [0.2, 0.25) is 0 Å². The lowest BCUT2D eigenvalue weighted by atomic mass is 10.3. The van der Waals surface area contributed by atoms with Crippen molar-refractivity contribution in [3.63, 3.8) is 0 Å². The van der Waals surface area contributed by atoms with Gasteiger partial charge >= 0.3 is 0 Å². The summed E-state index contributed by atoms with van der Waals surface area (Å²) in [6.07, 6.45) is 3.37. The highest BCUT2D eigenvalue weighted by Crippen LogP contribution is 2.14. The summed E-state index contributed by atoms with van der Waals surface area (Å²) in [6, 6.07) is 0. The van der Waals surface area contributed by atoms with Crippen LogP contribution in [0.4, 0.5) is 0 Å². The first-order chi connectivity index (χ1) is 6.86. The third-order valence-electron chi connectivity index (χ3n) is 1.61. The molecule has 0 bridgehead atoms. The molecule has 0 saturated heterocycles. The largest absolute Gasteiger partial charge is 0.268 e. The van der Waals surface area contributed by atoms with Gasteiger partial charge in [-0.05, 0) is 0 Å². The summed E-state index contributed by atoms with van der Waals surface area (Å²) in [7, 11) is 0. The Morgan fingerprint density at radius 2 is 1.86 bits per heavy atom. The number of hydrogen-bond donors (Lipinski definition) is 1. The molecule has 2 heterocycles. The summed E-state index contributed by atoms with van der Waals surface area (Å²) in [5, 5.41) is 1.72. The average molecular weight is 196 g/mol. The van der Waals surface area contributed by atoms with Crippen LogP contribution < -0.4 is 5.84 Å². The second kappa shape index (κ2) is 7.41. The van der Waals surface area contributed by atoms with E-state index in [0.717, 1.165) is 24.3 Å². The summed E-state index contributed by atoms with van der Waals surface area (Å²) in [5.74, 6) is 5.55. The van der Waals surface area contributed by atoms with Gasteiger partial charge in [0, 0.05) is 18.3 Å². The molecule has 0 spiro atoms. The zero-order chi connectivity index (χ0) is 11.0. The Balaban J connectivity index is 0.000000379. The second-order valence-electron chi connectivity index (χ2n) is 2.40. The van der Waals surface area contributed by atoms with Gasteiger partial charge in [-0.2, -0.15) is 0 Å². The maximum Gasteiger partial charge on any atom is 0.115 e. The normalized spacial score (nSPS) is 13.2. The first kappa shape index (κ1) is 13.0. The van der Waals surface area contributed by atoms with E-state index in [1.165, 1.54) is 0 Å². The molecule has 2 N–H and O–H groups in total. The van der Waals surface area contributed by atoms with Crippen LogP contribution in [0.25, 0.3) is 0 Å². The Morgan fingerprint density at radius 1 is 1.21 bits per heavy atom. The van der Waals surface area contributed by atoms with E-state index in [2.05, 4.69) is 9.97 Å². The fraction of sp³-hybridized carbons (Fsp3) is 0.600. The topological polar surface area (TPSA) is 55.0 Å². The molecule has 80 valence electrons. The third kappa shape index (κ3) is 3.40. The number of fused-ring (bicyclic) bond motifs is 1. The maximum atomic E-state index is 5.55. The van der Waals surface area contributed by atoms with E-state index in [9.17, 15) is 0 Å². The molecule has 4 nitrogen and oxygen atoms in total. The summed E-state index contributed by atoms with van der Waals surface area (Å²) in [4.78, 5) is 7.97. The zero-order valence-corrected chi connectivity index (χ0v) is 9.49. The van der Waals surface area contributed by atoms with Gasteiger partial charge in [-0.1, -0.05) is 27.7 Å². The van der Waals surface area contributed by atoms with Crippen LogP contribution >= 0.6 is 0 Å². The maximum absolute atomic E-state index is 5.55. The summed E-state index contributed by atoms with van der Waals surface area (Å²) < 4.78 is 0. The quantitative estimate of drug-likeness (QED) is 0.642. The van der Waals surface area contributed by atoms with E-state index >= 15 is 0 Å². The molecule has 0 amide bonds. The summed E-state index contributed by atoms with van der Waals surface area (Å²) in [6.45, 7) is 9.52. The average Bonchev–Trinajstić information content (AvgIpc) is 2.64. The monoisotopic (exact) mass is 196 g/mol. The minimum absolute atomic E-state index is 0.748. The van der Waals surface area contributed by atoms with E-state index < -0.39 is 0 Å². The molecule has 0 unspecified atom stereocenters. The first-order valence-corrected chi connectivity index (χ1v) is 5.13. The molecule has 14 heavy (non-hydrogen) atoms. The van der Waals surface area contributed by atoms with Crippen LogP contribution in [0.2, 0.25) is 0 Å². The van der Waals surface area contributed by atoms with Crippen LogP contribution in [0, 0.1) is 0 Å². The molecular weight excluding hydrogens is 176 g/mol. The first-order valence-electron chi connectivity index (χ1n) is 5.13. The molecule has 0 aromatic carbocycles. The number of nitrogens with two attached hydrogens (primary N) is 1. The van der Waals surface area contributed by atoms with E-state index in [1.807, 2.05) is 33.9 Å². The van der Waals surface area contributed by atoms with Crippen LogP contribution in [-0.2, 0) is 13.1 Å². The molecule has 0 saturated carbocycles. The van der Waals surface area contributed by atoms with Gasteiger partial charge in [0.05, 0.1) is 12.2 Å². The fourth-order valence-corrected chi connectivity index (χ4v) is 1.13. The number of hydrogen-bond acceptors (Lipinski definition) is 4. The predicted octanol–water partition coefficient (Wildman–Crippen LogP) is 1.72. The Morgan fingerprint density at radius 3 is 2.43 bits per heavy atom. The van der Waals surface area contributed by atoms with E-state index in [-0.39, 0.29) is 0 Å². The van der Waals surface area contributed by atoms with Crippen molar-refractivity contribution in [1.82, 2.24) is 15.0 Å². The van der Waals surface area contributed by atoms with Crippen molar-refractivity contribution in [2.45, 2.75) is 40.8 Å². The fourth-order valence-electron chi connectivity index (χ4n) is 1.13. The van der Waals surface area contributed by atoms with Gasteiger partial charge in [0.25, 0.3) is 0 Å². The molecule has 1 aromatic heterocycles. The smallest absolute Gasteiger partial charge is 0.115 e. The Bertz CT molecular complexity index is 225. The molecule has 4 heteroatoms. The Kier molecular flexibility index (Phi) is 6.88. The zero-order valence-electron chi connectivity index (χ0n) is 9.49. The lowest BCUT2D eigenvalue weighted by molar-refractivity contribution is 0.294. The number of rotatable bonds is 0. The van der Waals surface area contributed by atoms with Crippen molar-refractivity contribution in [1.29, 1.82) is 0 Å². The molecule has 2 rings (SSSR count). The highest BCUT2D eigenvalue weighted by Gasteiger charge is 2.16. The van der Waals surface area contributed by atoms with Crippen molar-refractivity contribution >= 4 is 0 Å². The van der Waals surface area contributed by atoms with Gasteiger partial charge in [0.15, 0.2) is 0 Å². The Labute approximate surface area is 86.1 Å². The standard InChI is InChI=1S/C6H8N4.2C2H6/c7-10-2-5-1-8-4-9-6(5)3-10;2*1-2/h1,4H,2-3,7H2;2*1-2H3. The van der Waals surface area contributed by atoms with Crippen LogP contribution in [0.5, 0.6) is 0 Å². The van der Waals surface area contributed by atoms with Crippen molar-refractivity contribution in [3.05, 3.63) is 23.8 Å². The van der Waals surface area contributed by atoms with Crippen LogP contribution in [0.15, 0.2) is 12.5 Å². The summed E-state index contributed by atoms with van der Waals surface area (Å²) >= 11 is 0. The van der Waals surface area contributed by atoms with Crippen molar-refractivity contribution < 1.29 is 0 Å². The highest BCUT2D eigenvalue weighted by molar-refractivity contribution is 5.19. The summed E-state index contributed by atoms with van der Waals surface area (Å²) in [5.41, 5.74) is 2.20. The van der Waals surface area contributed by atoms with Gasteiger partial charge < -0.3 is 0 Å². The predicted molar refractivity (Wildman–Crippen MR) is 58.2 cm³/mol. The highest BCUT2D eigenvalue weighted by atomic mass is 15.4. The molecule has 1 aliphatic rings. The van der Waals surface area contributed by atoms with Crippen LogP contribution in [0.1, 0.15) is 39.0 Å². The van der Waals surface area contributed by atoms with Gasteiger partial charge in [-0.3, -0.25) is 5.84 Å². The molecule has 0 fully saturated rings. The van der Waals surface area contributed by atoms with E-state index in [0.29, 0.717) is 0 Å². The van der Waals surface area contributed by atoms with Crippen molar-refractivity contribution in [2.24, 2.45) is 5.84 Å². The molecule has 1 aliphatic heterocycles. The van der Waals surface area contributed by atoms with Gasteiger partial charge in [-0.15, -0.1) is 0 Å². The van der Waals surface area contributed by atoms with Crippen molar-refractivity contribution in [2.75, 3.05) is 0 Å². The Hall–Kier alpha value is -1.00. The second-order valence-corrected chi connectivity index (χ2v) is 2.40. The van der Waals surface area contributed by atoms with Crippen LogP contribution in [0.3, 0.4) is 0 Å². The third-order valence-corrected chi connectivity index (χ3v) is 1.61. The van der Waals surface area contributed by atoms with E-state index in [1.54, 1.807) is 11.3 Å².